The van der Waals surface area contributed by atoms with Gasteiger partial charge in [0, 0.05) is 30.5 Å². The van der Waals surface area contributed by atoms with Crippen molar-refractivity contribution >= 4 is 17.4 Å². The van der Waals surface area contributed by atoms with Crippen LogP contribution in [0.4, 0.5) is 0 Å². The Kier molecular flexibility index (Phi) is 3.89. The van der Waals surface area contributed by atoms with Crippen molar-refractivity contribution in [3.63, 3.8) is 0 Å². The molecule has 0 aromatic carbocycles. The molecule has 1 aliphatic rings. The number of piperidine rings is 1. The van der Waals surface area contributed by atoms with Crippen LogP contribution in [0.25, 0.3) is 11.3 Å². The summed E-state index contributed by atoms with van der Waals surface area (Å²) in [5.41, 5.74) is 3.43. The molecule has 0 radical (unpaired) electrons. The Morgan fingerprint density at radius 3 is 3.12 bits per heavy atom. The molecule has 3 aromatic rings. The number of nitrogens with zero attached hydrogens (tertiary/aromatic N) is 4. The van der Waals surface area contributed by atoms with Gasteiger partial charge in [0.25, 0.3) is 5.91 Å². The van der Waals surface area contributed by atoms with Crippen LogP contribution in [0.15, 0.2) is 28.4 Å². The van der Waals surface area contributed by atoms with Crippen LogP contribution in [0.3, 0.4) is 0 Å². The van der Waals surface area contributed by atoms with Crippen LogP contribution in [0.2, 0.25) is 0 Å². The van der Waals surface area contributed by atoms with Crippen LogP contribution in [0.5, 0.6) is 0 Å². The van der Waals surface area contributed by atoms with Gasteiger partial charge in [0.15, 0.2) is 5.76 Å². The van der Waals surface area contributed by atoms with E-state index in [0.29, 0.717) is 17.9 Å². The number of nitrogens with one attached hydrogen (secondary N) is 1. The van der Waals surface area contributed by atoms with Gasteiger partial charge in [-0.2, -0.15) is 5.10 Å². The Balaban J connectivity index is 1.57. The molecule has 24 heavy (non-hydrogen) atoms. The van der Waals surface area contributed by atoms with Crippen molar-refractivity contribution in [2.45, 2.75) is 25.7 Å². The summed E-state index contributed by atoms with van der Waals surface area (Å²) in [6, 6.07) is 1.90. The first-order chi connectivity index (χ1) is 11.7. The smallest absolute Gasteiger partial charge is 0.256 e. The Morgan fingerprint density at radius 1 is 1.46 bits per heavy atom. The molecule has 3 aromatic heterocycles. The maximum Gasteiger partial charge on any atom is 0.256 e. The largest absolute Gasteiger partial charge is 0.356 e. The SMILES string of the molecule is Cc1cc(-c2cn[nH]c2C2CCCN(C(=O)c3cnsc3)C2)on1. The summed E-state index contributed by atoms with van der Waals surface area (Å²) in [7, 11) is 0. The number of rotatable bonds is 3. The number of aromatic amines is 1. The topological polar surface area (TPSA) is 87.9 Å². The number of hydrogen-bond donors (Lipinski definition) is 1. The first-order valence-corrected chi connectivity index (χ1v) is 8.71. The molecule has 0 bridgehead atoms. The quantitative estimate of drug-likeness (QED) is 0.790. The minimum atomic E-state index is 0.0463. The molecule has 7 nitrogen and oxygen atoms in total. The summed E-state index contributed by atoms with van der Waals surface area (Å²) < 4.78 is 9.40. The molecular weight excluding hydrogens is 326 g/mol. The van der Waals surface area contributed by atoms with Crippen LogP contribution in [0.1, 0.15) is 40.5 Å². The van der Waals surface area contributed by atoms with Crippen molar-refractivity contribution < 1.29 is 9.32 Å². The molecule has 1 fully saturated rings. The van der Waals surface area contributed by atoms with Crippen molar-refractivity contribution in [3.8, 4) is 11.3 Å². The predicted molar refractivity (Wildman–Crippen MR) is 88.8 cm³/mol. The summed E-state index contributed by atoms with van der Waals surface area (Å²) in [6.07, 6.45) is 5.37. The molecule has 4 heterocycles. The van der Waals surface area contributed by atoms with Gasteiger partial charge in [-0.25, -0.2) is 4.37 Å². The molecule has 8 heteroatoms. The second-order valence-corrected chi connectivity index (χ2v) is 6.69. The third kappa shape index (κ3) is 2.73. The molecule has 1 unspecified atom stereocenters. The maximum absolute atomic E-state index is 12.6. The number of H-pyrrole nitrogens is 1. The number of aromatic nitrogens is 4. The predicted octanol–water partition coefficient (Wildman–Crippen LogP) is 2.85. The van der Waals surface area contributed by atoms with E-state index in [1.54, 1.807) is 17.8 Å². The van der Waals surface area contributed by atoms with Crippen molar-refractivity contribution in [3.05, 3.63) is 40.8 Å². The van der Waals surface area contributed by atoms with Gasteiger partial charge in [-0.05, 0) is 31.3 Å². The monoisotopic (exact) mass is 343 g/mol. The molecule has 1 saturated heterocycles. The molecule has 0 aliphatic carbocycles. The second kappa shape index (κ2) is 6.20. The van der Waals surface area contributed by atoms with Crippen LogP contribution in [0, 0.1) is 6.92 Å². The van der Waals surface area contributed by atoms with Crippen molar-refractivity contribution in [2.75, 3.05) is 13.1 Å². The van der Waals surface area contributed by atoms with Crippen LogP contribution < -0.4 is 0 Å². The molecule has 4 rings (SSSR count). The highest BCUT2D eigenvalue weighted by atomic mass is 32.1. The third-order valence-corrected chi connectivity index (χ3v) is 4.94. The number of carbonyl (C=O) groups is 1. The van der Waals surface area contributed by atoms with Gasteiger partial charge in [0.2, 0.25) is 0 Å². The highest BCUT2D eigenvalue weighted by molar-refractivity contribution is 7.03. The summed E-state index contributed by atoms with van der Waals surface area (Å²) in [5, 5.41) is 13.0. The second-order valence-electron chi connectivity index (χ2n) is 6.03. The van der Waals surface area contributed by atoms with E-state index in [2.05, 4.69) is 19.7 Å². The van der Waals surface area contributed by atoms with E-state index in [9.17, 15) is 4.79 Å². The first kappa shape index (κ1) is 15.1. The molecule has 0 spiro atoms. The average Bonchev–Trinajstić information content (AvgIpc) is 3.35. The van der Waals surface area contributed by atoms with Gasteiger partial charge < -0.3 is 9.42 Å². The Labute approximate surface area is 142 Å². The zero-order chi connectivity index (χ0) is 16.5. The van der Waals surface area contributed by atoms with E-state index in [1.165, 1.54) is 11.5 Å². The molecule has 1 amide bonds. The van der Waals surface area contributed by atoms with Crippen LogP contribution in [-0.4, -0.2) is 43.6 Å². The zero-order valence-corrected chi connectivity index (χ0v) is 14.0. The minimum absolute atomic E-state index is 0.0463. The van der Waals surface area contributed by atoms with Gasteiger partial charge in [-0.1, -0.05) is 5.16 Å². The van der Waals surface area contributed by atoms with Gasteiger partial charge in [-0.15, -0.1) is 0 Å². The molecule has 124 valence electrons. The van der Waals surface area contributed by atoms with E-state index in [4.69, 9.17) is 4.52 Å². The number of likely N-dealkylation sites (tertiary alicyclic amines) is 1. The van der Waals surface area contributed by atoms with Crippen LogP contribution >= 0.6 is 11.5 Å². The van der Waals surface area contributed by atoms with Crippen LogP contribution in [-0.2, 0) is 0 Å². The summed E-state index contributed by atoms with van der Waals surface area (Å²) in [5.74, 6) is 0.962. The Bertz CT molecular complexity index is 838. The number of hydrogen-bond acceptors (Lipinski definition) is 6. The Morgan fingerprint density at radius 2 is 2.38 bits per heavy atom. The van der Waals surface area contributed by atoms with E-state index >= 15 is 0 Å². The van der Waals surface area contributed by atoms with Crippen molar-refractivity contribution in [2.24, 2.45) is 0 Å². The lowest BCUT2D eigenvalue weighted by Gasteiger charge is -2.32. The van der Waals surface area contributed by atoms with Gasteiger partial charge in [-0.3, -0.25) is 9.89 Å². The molecule has 1 N–H and O–H groups in total. The number of carbonyl (C=O) groups excluding carboxylic acids is 1. The van der Waals surface area contributed by atoms with Crippen molar-refractivity contribution in [1.82, 2.24) is 24.6 Å². The van der Waals surface area contributed by atoms with Crippen molar-refractivity contribution in [1.29, 1.82) is 0 Å². The van der Waals surface area contributed by atoms with Gasteiger partial charge in [0.1, 0.15) is 0 Å². The summed E-state index contributed by atoms with van der Waals surface area (Å²) in [6.45, 7) is 3.33. The fraction of sp³-hybridized carbons (Fsp3) is 0.375. The van der Waals surface area contributed by atoms with E-state index in [0.717, 1.165) is 36.3 Å². The fourth-order valence-corrected chi connectivity index (χ4v) is 3.70. The molecular formula is C16H17N5O2S. The molecule has 1 atom stereocenters. The highest BCUT2D eigenvalue weighted by Crippen LogP contribution is 2.33. The lowest BCUT2D eigenvalue weighted by atomic mass is 9.91. The standard InChI is InChI=1S/C16H17N5O2S/c1-10-5-14(23-20-10)13-7-17-19-15(13)11-3-2-4-21(8-11)16(22)12-6-18-24-9-12/h5-7,9,11H,2-4,8H2,1H3,(H,17,19). The molecule has 1 aliphatic heterocycles. The van der Waals surface area contributed by atoms with Gasteiger partial charge >= 0.3 is 0 Å². The van der Waals surface area contributed by atoms with E-state index in [-0.39, 0.29) is 11.8 Å². The van der Waals surface area contributed by atoms with E-state index < -0.39 is 0 Å². The normalized spacial score (nSPS) is 18.0. The maximum atomic E-state index is 12.6. The summed E-state index contributed by atoms with van der Waals surface area (Å²) in [4.78, 5) is 14.5. The number of amides is 1. The van der Waals surface area contributed by atoms with Gasteiger partial charge in [0.05, 0.1) is 34.9 Å². The lowest BCUT2D eigenvalue weighted by Crippen LogP contribution is -2.39. The third-order valence-electron chi connectivity index (χ3n) is 4.36. The average molecular weight is 343 g/mol. The fourth-order valence-electron chi connectivity index (χ4n) is 3.18. The summed E-state index contributed by atoms with van der Waals surface area (Å²) >= 11 is 1.30. The lowest BCUT2D eigenvalue weighted by molar-refractivity contribution is 0.0706. The first-order valence-electron chi connectivity index (χ1n) is 7.88. The highest BCUT2D eigenvalue weighted by Gasteiger charge is 2.29. The molecule has 0 saturated carbocycles. The van der Waals surface area contributed by atoms with E-state index in [1.807, 2.05) is 17.9 Å². The Hall–Kier alpha value is -2.48. The zero-order valence-electron chi connectivity index (χ0n) is 13.2. The minimum Gasteiger partial charge on any atom is -0.356 e. The number of aryl methyl sites for hydroxylation is 1.